The van der Waals surface area contributed by atoms with Crippen LogP contribution in [0, 0.1) is 0 Å². The maximum atomic E-state index is 12.3. The monoisotopic (exact) mass is 365 g/mol. The highest BCUT2D eigenvalue weighted by Crippen LogP contribution is 2.25. The zero-order valence-corrected chi connectivity index (χ0v) is 14.4. The Bertz CT molecular complexity index is 1040. The number of aromatic nitrogens is 2. The van der Waals surface area contributed by atoms with Gasteiger partial charge in [-0.05, 0) is 47.2 Å². The molecule has 4 aromatic rings. The van der Waals surface area contributed by atoms with Crippen molar-refractivity contribution in [1.29, 1.82) is 0 Å². The number of carbonyl (C=O) groups excluding carboxylic acids is 1. The first kappa shape index (κ1) is 16.6. The number of hydrogen-bond donors (Lipinski definition) is 3. The predicted octanol–water partition coefficient (Wildman–Crippen LogP) is 4.28. The third-order valence-electron chi connectivity index (χ3n) is 4.09. The summed E-state index contributed by atoms with van der Waals surface area (Å²) < 4.78 is 0. The van der Waals surface area contributed by atoms with E-state index in [9.17, 15) is 4.79 Å². The topological polar surface area (TPSA) is 89.5 Å². The van der Waals surface area contributed by atoms with Crippen molar-refractivity contribution in [2.75, 3.05) is 11.0 Å². The van der Waals surface area contributed by atoms with E-state index in [1.807, 2.05) is 24.3 Å². The van der Waals surface area contributed by atoms with Crippen molar-refractivity contribution < 1.29 is 15.2 Å². The van der Waals surface area contributed by atoms with Crippen LogP contribution in [-0.2, 0) is 0 Å². The quantitative estimate of drug-likeness (QED) is 0.278. The Balaban J connectivity index is 1.50. The van der Waals surface area contributed by atoms with Gasteiger partial charge in [0.15, 0.2) is 10.9 Å². The fraction of sp³-hybridized carbons (Fsp3) is 0.0526. The first-order valence-corrected chi connectivity index (χ1v) is 8.91. The van der Waals surface area contributed by atoms with Crippen molar-refractivity contribution in [1.82, 2.24) is 9.97 Å². The van der Waals surface area contributed by atoms with E-state index in [-0.39, 0.29) is 22.5 Å². The number of Topliss-reactive ketones (excluding diaryl/α,β-unsaturated/α-hetero) is 1. The number of fused-ring (bicyclic) bond motifs is 2. The van der Waals surface area contributed by atoms with E-state index in [1.54, 1.807) is 12.1 Å². The Morgan fingerprint density at radius 1 is 1.04 bits per heavy atom. The van der Waals surface area contributed by atoms with Gasteiger partial charge in [0.1, 0.15) is 0 Å². The first-order valence-electron chi connectivity index (χ1n) is 7.92. The van der Waals surface area contributed by atoms with Crippen LogP contribution >= 0.6 is 11.8 Å². The molecule has 3 aromatic carbocycles. The maximum absolute atomic E-state index is 12.3. The molecule has 0 amide bonds. The summed E-state index contributed by atoms with van der Waals surface area (Å²) in [7, 11) is 0. The third kappa shape index (κ3) is 3.28. The molecule has 130 valence electrons. The lowest BCUT2D eigenvalue weighted by atomic mass is 10.1. The lowest BCUT2D eigenvalue weighted by molar-refractivity contribution is 0.0291. The molecule has 26 heavy (non-hydrogen) atoms. The van der Waals surface area contributed by atoms with Gasteiger partial charge in [0.05, 0.1) is 22.5 Å². The number of hydrogen-bond acceptors (Lipinski definition) is 6. The third-order valence-corrected chi connectivity index (χ3v) is 4.96. The first-order chi connectivity index (χ1) is 12.6. The van der Waals surface area contributed by atoms with Crippen molar-refractivity contribution in [2.45, 2.75) is 5.16 Å². The number of nitrogens with zero attached hydrogens (tertiary/aromatic N) is 2. The molecule has 6 nitrogen and oxygen atoms in total. The van der Waals surface area contributed by atoms with E-state index in [0.29, 0.717) is 10.7 Å². The van der Waals surface area contributed by atoms with Crippen LogP contribution in [0.4, 0.5) is 5.69 Å². The highest BCUT2D eigenvalue weighted by atomic mass is 32.2. The minimum absolute atomic E-state index is 0.0153. The molecular weight excluding hydrogens is 350 g/mol. The maximum Gasteiger partial charge on any atom is 0.173 e. The molecule has 1 aromatic heterocycles. The molecule has 3 N–H and O–H groups in total. The number of ketones is 1. The van der Waals surface area contributed by atoms with Crippen molar-refractivity contribution >= 4 is 45.0 Å². The summed E-state index contributed by atoms with van der Waals surface area (Å²) >= 11 is 1.34. The average Bonchev–Trinajstić information content (AvgIpc) is 3.05. The van der Waals surface area contributed by atoms with Crippen molar-refractivity contribution in [3.8, 4) is 0 Å². The van der Waals surface area contributed by atoms with Gasteiger partial charge in [-0.1, -0.05) is 36.0 Å². The van der Waals surface area contributed by atoms with Crippen LogP contribution in [0.15, 0.2) is 65.8 Å². The molecular formula is C19H15N3O3S. The largest absolute Gasteiger partial charge is 0.333 e. The van der Waals surface area contributed by atoms with Crippen LogP contribution in [0.5, 0.6) is 0 Å². The van der Waals surface area contributed by atoms with Gasteiger partial charge in [-0.15, -0.1) is 5.23 Å². The Labute approximate surface area is 153 Å². The lowest BCUT2D eigenvalue weighted by Gasteiger charge is -2.07. The zero-order chi connectivity index (χ0) is 18.1. The van der Waals surface area contributed by atoms with Gasteiger partial charge in [-0.2, -0.15) is 0 Å². The van der Waals surface area contributed by atoms with E-state index in [2.05, 4.69) is 22.1 Å². The van der Waals surface area contributed by atoms with E-state index in [0.717, 1.165) is 21.8 Å². The van der Waals surface area contributed by atoms with E-state index in [1.165, 1.54) is 23.9 Å². The fourth-order valence-electron chi connectivity index (χ4n) is 2.74. The van der Waals surface area contributed by atoms with Gasteiger partial charge in [0, 0.05) is 5.56 Å². The summed E-state index contributed by atoms with van der Waals surface area (Å²) in [6, 6.07) is 18.2. The molecule has 0 radical (unpaired) electrons. The fourth-order valence-corrected chi connectivity index (χ4v) is 3.52. The highest BCUT2D eigenvalue weighted by Gasteiger charge is 2.11. The number of benzene rings is 3. The number of nitrogens with one attached hydrogen (secondary N) is 1. The molecule has 0 saturated heterocycles. The van der Waals surface area contributed by atoms with Crippen LogP contribution < -0.4 is 5.23 Å². The molecule has 0 aliphatic carbocycles. The van der Waals surface area contributed by atoms with Crippen LogP contribution in [-0.4, -0.2) is 31.9 Å². The molecule has 0 aliphatic rings. The molecule has 4 rings (SSSR count). The standard InChI is InChI=1S/C19H15N3O3S/c23-18(12-5-7-15(8-6-12)22(24)25)11-26-19-20-16-9-13-3-1-2-4-14(13)10-17(16)21-19/h1-10,24-25H,11H2,(H,20,21). The minimum atomic E-state index is -0.0606. The van der Waals surface area contributed by atoms with Gasteiger partial charge in [0.25, 0.3) is 0 Å². The van der Waals surface area contributed by atoms with E-state index in [4.69, 9.17) is 10.4 Å². The Morgan fingerprint density at radius 2 is 1.73 bits per heavy atom. The Kier molecular flexibility index (Phi) is 4.34. The van der Waals surface area contributed by atoms with Crippen molar-refractivity contribution in [3.63, 3.8) is 0 Å². The number of thioether (sulfide) groups is 1. The van der Waals surface area contributed by atoms with Gasteiger partial charge < -0.3 is 4.98 Å². The minimum Gasteiger partial charge on any atom is -0.333 e. The van der Waals surface area contributed by atoms with Crippen molar-refractivity contribution in [3.05, 3.63) is 66.2 Å². The lowest BCUT2D eigenvalue weighted by Crippen LogP contribution is -2.11. The Hall–Kier alpha value is -2.87. The second-order valence-corrected chi connectivity index (χ2v) is 6.77. The second kappa shape index (κ2) is 6.80. The zero-order valence-electron chi connectivity index (χ0n) is 13.6. The van der Waals surface area contributed by atoms with Crippen LogP contribution in [0.1, 0.15) is 10.4 Å². The normalized spacial score (nSPS) is 11.2. The van der Waals surface area contributed by atoms with Gasteiger partial charge in [-0.3, -0.25) is 15.2 Å². The van der Waals surface area contributed by atoms with Crippen molar-refractivity contribution in [2.24, 2.45) is 0 Å². The second-order valence-electron chi connectivity index (χ2n) is 5.81. The number of rotatable bonds is 5. The summed E-state index contributed by atoms with van der Waals surface area (Å²) in [5.41, 5.74) is 2.51. The molecule has 0 spiro atoms. The molecule has 0 fully saturated rings. The summed E-state index contributed by atoms with van der Waals surface area (Å²) in [5.74, 6) is 0.176. The van der Waals surface area contributed by atoms with E-state index < -0.39 is 0 Å². The molecule has 0 unspecified atom stereocenters. The molecule has 7 heteroatoms. The molecule has 0 bridgehead atoms. The highest BCUT2D eigenvalue weighted by molar-refractivity contribution is 7.99. The number of H-pyrrole nitrogens is 1. The van der Waals surface area contributed by atoms with E-state index >= 15 is 0 Å². The average molecular weight is 365 g/mol. The summed E-state index contributed by atoms with van der Waals surface area (Å²) in [5, 5.41) is 20.8. The summed E-state index contributed by atoms with van der Waals surface area (Å²) in [6.45, 7) is 0. The predicted molar refractivity (Wildman–Crippen MR) is 101 cm³/mol. The molecule has 1 heterocycles. The summed E-state index contributed by atoms with van der Waals surface area (Å²) in [4.78, 5) is 20.1. The Morgan fingerprint density at radius 3 is 2.42 bits per heavy atom. The van der Waals surface area contributed by atoms with Gasteiger partial charge in [0.2, 0.25) is 0 Å². The number of anilines is 1. The molecule has 0 atom stereocenters. The smallest absolute Gasteiger partial charge is 0.173 e. The van der Waals surface area contributed by atoms with Crippen LogP contribution in [0.25, 0.3) is 21.8 Å². The number of aromatic amines is 1. The van der Waals surface area contributed by atoms with Gasteiger partial charge >= 0.3 is 0 Å². The summed E-state index contributed by atoms with van der Waals surface area (Å²) in [6.07, 6.45) is 0. The van der Waals surface area contributed by atoms with Gasteiger partial charge in [-0.25, -0.2) is 4.98 Å². The number of imidazole rings is 1. The molecule has 0 aliphatic heterocycles. The number of carbonyl (C=O) groups is 1. The molecule has 0 saturated carbocycles. The van der Waals surface area contributed by atoms with Crippen LogP contribution in [0.3, 0.4) is 0 Å². The van der Waals surface area contributed by atoms with Crippen LogP contribution in [0.2, 0.25) is 0 Å². The SMILES string of the molecule is O=C(CSc1nc2cc3ccccc3cc2[nH]1)c1ccc(N(O)O)cc1.